The fourth-order valence-corrected chi connectivity index (χ4v) is 3.14. The van der Waals surface area contributed by atoms with E-state index >= 15 is 0 Å². The normalized spacial score (nSPS) is 11.7. The third-order valence-electron chi connectivity index (χ3n) is 3.47. The highest BCUT2D eigenvalue weighted by atomic mass is 127. The summed E-state index contributed by atoms with van der Waals surface area (Å²) in [5, 5.41) is 12.6. The average molecular weight is 489 g/mol. The van der Waals surface area contributed by atoms with Crippen molar-refractivity contribution in [3.05, 3.63) is 52.5 Å². The summed E-state index contributed by atoms with van der Waals surface area (Å²) >= 11 is 2.10. The molecule has 2 aromatic rings. The van der Waals surface area contributed by atoms with Crippen LogP contribution >= 0.6 is 28.4 Å². The fourth-order valence-electron chi connectivity index (χ4n) is 2.09. The second kappa shape index (κ2) is 9.09. The second-order valence-electron chi connectivity index (χ2n) is 5.18. The minimum atomic E-state index is -1.08. The largest absolute Gasteiger partial charge is 0.343 e. The van der Waals surface area contributed by atoms with E-state index in [1.807, 2.05) is 0 Å². The molecular weight excluding hydrogens is 474 g/mol. The number of carbonyl (C=O) groups excluding carboxylic acids is 1. The monoisotopic (exact) mass is 489 g/mol. The number of nitrogens with zero attached hydrogens (tertiary/aromatic N) is 2. The molecule has 136 valence electrons. The van der Waals surface area contributed by atoms with Crippen LogP contribution in [0.4, 0.5) is 20.3 Å². The highest BCUT2D eigenvalue weighted by molar-refractivity contribution is 14.2. The summed E-state index contributed by atoms with van der Waals surface area (Å²) in [5.41, 5.74) is 1.47. The maximum absolute atomic E-state index is 14.3. The molecule has 0 fully saturated rings. The molecule has 10 heteroatoms. The first-order valence-corrected chi connectivity index (χ1v) is 11.4. The molecule has 0 saturated heterocycles. The van der Waals surface area contributed by atoms with Crippen molar-refractivity contribution < 1.29 is 13.6 Å². The molecule has 0 saturated carbocycles. The van der Waals surface area contributed by atoms with Crippen LogP contribution in [0, 0.1) is 25.1 Å². The Morgan fingerprint density at radius 2 is 2.12 bits per heavy atom. The molecule has 2 rings (SSSR count). The summed E-state index contributed by atoms with van der Waals surface area (Å²) < 4.78 is 27.9. The van der Waals surface area contributed by atoms with Crippen LogP contribution in [-0.2, 0) is 4.79 Å². The Balaban J connectivity index is 2.27. The Morgan fingerprint density at radius 3 is 2.77 bits per heavy atom. The molecule has 26 heavy (non-hydrogen) atoms. The van der Waals surface area contributed by atoms with Crippen molar-refractivity contribution in [2.24, 2.45) is 0 Å². The Kier molecular flexibility index (Phi) is 7.10. The van der Waals surface area contributed by atoms with Crippen LogP contribution in [0.5, 0.6) is 0 Å². The summed E-state index contributed by atoms with van der Waals surface area (Å²) in [6.45, 7) is 3.06. The molecule has 0 radical (unpaired) electrons. The fraction of sp³-hybridized carbons (Fsp3) is 0.125. The number of aromatic nitrogens is 2. The number of nitrogens with one attached hydrogen (secondary N) is 3. The zero-order valence-corrected chi connectivity index (χ0v) is 17.0. The Morgan fingerprint density at radius 1 is 1.38 bits per heavy atom. The van der Waals surface area contributed by atoms with E-state index in [2.05, 4.69) is 42.4 Å². The summed E-state index contributed by atoms with van der Waals surface area (Å²) in [5.74, 6) is -2.26. The highest BCUT2D eigenvalue weighted by Crippen LogP contribution is 2.25. The number of rotatable bonds is 6. The lowest BCUT2D eigenvalue weighted by Crippen LogP contribution is -2.15. The number of hydrogen-bond acceptors (Lipinski definition) is 5. The van der Waals surface area contributed by atoms with Gasteiger partial charge in [0.05, 0.1) is 23.3 Å². The van der Waals surface area contributed by atoms with Crippen molar-refractivity contribution in [3.8, 4) is 0 Å². The van der Waals surface area contributed by atoms with Gasteiger partial charge >= 0.3 is 0 Å². The first-order chi connectivity index (χ1) is 12.4. The van der Waals surface area contributed by atoms with Crippen LogP contribution in [0.15, 0.2) is 24.2 Å². The topological polar surface area (TPSA) is 90.8 Å². The molecular formula is C16H15F2IN5OP. The van der Waals surface area contributed by atoms with E-state index in [0.29, 0.717) is 23.4 Å². The van der Waals surface area contributed by atoms with Crippen molar-refractivity contribution in [2.75, 3.05) is 10.4 Å². The number of carbonyl (C=O) groups is 1. The summed E-state index contributed by atoms with van der Waals surface area (Å²) in [7, 11) is 0. The van der Waals surface area contributed by atoms with E-state index in [-0.39, 0.29) is 16.9 Å². The first-order valence-electron chi connectivity index (χ1n) is 7.30. The molecule has 3 N–H and O–H groups in total. The van der Waals surface area contributed by atoms with E-state index in [1.165, 1.54) is 13.0 Å². The zero-order valence-electron chi connectivity index (χ0n) is 13.8. The van der Waals surface area contributed by atoms with E-state index < -0.39 is 17.6 Å². The minimum absolute atomic E-state index is 0.138. The molecule has 0 aliphatic heterocycles. The number of hydrogen-bond donors (Lipinski definition) is 3. The van der Waals surface area contributed by atoms with Gasteiger partial charge in [0, 0.05) is 29.8 Å². The van der Waals surface area contributed by atoms with Gasteiger partial charge in [0.15, 0.2) is 5.83 Å². The van der Waals surface area contributed by atoms with Gasteiger partial charge in [-0.2, -0.15) is 0 Å². The van der Waals surface area contributed by atoms with Crippen molar-refractivity contribution in [1.82, 2.24) is 9.97 Å². The molecule has 6 nitrogen and oxygen atoms in total. The van der Waals surface area contributed by atoms with Gasteiger partial charge in [-0.3, -0.25) is 9.78 Å². The van der Waals surface area contributed by atoms with E-state index in [9.17, 15) is 13.6 Å². The lowest BCUT2D eigenvalue weighted by Gasteiger charge is -2.10. The number of pyridine rings is 2. The van der Waals surface area contributed by atoms with Crippen molar-refractivity contribution in [1.29, 1.82) is 5.41 Å². The quantitative estimate of drug-likeness (QED) is 0.241. The third-order valence-corrected chi connectivity index (χ3v) is 4.61. The second-order valence-corrected chi connectivity index (χ2v) is 7.23. The van der Waals surface area contributed by atoms with Gasteiger partial charge in [0.1, 0.15) is 11.6 Å². The van der Waals surface area contributed by atoms with Crippen LogP contribution < -0.4 is 10.4 Å². The van der Waals surface area contributed by atoms with Gasteiger partial charge in [-0.15, -0.1) is 0 Å². The van der Waals surface area contributed by atoms with Gasteiger partial charge in [-0.05, 0) is 48.0 Å². The van der Waals surface area contributed by atoms with Gasteiger partial charge in [0.25, 0.3) is 5.91 Å². The molecule has 0 spiro atoms. The zero-order chi connectivity index (χ0) is 19.3. The summed E-state index contributed by atoms with van der Waals surface area (Å²) in [4.78, 5) is 20.1. The van der Waals surface area contributed by atoms with E-state index in [0.717, 1.165) is 18.5 Å². The molecule has 2 heterocycles. The molecule has 0 bridgehead atoms. The summed E-state index contributed by atoms with van der Waals surface area (Å²) in [6.07, 6.45) is 3.47. The van der Waals surface area contributed by atoms with Crippen LogP contribution in [0.2, 0.25) is 0 Å². The standard InChI is InChI=1S/C16H15F2IN5OP/c1-8-13(18)7-21-9(2)14(8)23-16(25)12(17)5-11-4-3-10(6-20)15(22-11)24-26-19/h3-7,20,26H,1-2H3,(H,22,24)(H,23,25)/b12-5-,20-6?. The predicted molar refractivity (Wildman–Crippen MR) is 109 cm³/mol. The lowest BCUT2D eigenvalue weighted by molar-refractivity contribution is -0.114. The smallest absolute Gasteiger partial charge is 0.284 e. The Bertz CT molecular complexity index is 891. The van der Waals surface area contributed by atoms with E-state index in [1.54, 1.807) is 13.0 Å². The number of amides is 1. The van der Waals surface area contributed by atoms with Crippen LogP contribution in [0.1, 0.15) is 22.5 Å². The molecule has 2 aromatic heterocycles. The predicted octanol–water partition coefficient (Wildman–Crippen LogP) is 4.53. The van der Waals surface area contributed by atoms with Crippen LogP contribution in [0.3, 0.4) is 0 Å². The maximum atomic E-state index is 14.3. The molecule has 1 atom stereocenters. The SMILES string of the molecule is Cc1ncc(F)c(C)c1NC(=O)/C(F)=C/c1ccc(C=N)c(NPI)n1. The first kappa shape index (κ1) is 20.3. The van der Waals surface area contributed by atoms with Gasteiger partial charge in [-0.1, -0.05) is 0 Å². The van der Waals surface area contributed by atoms with E-state index in [4.69, 9.17) is 5.41 Å². The summed E-state index contributed by atoms with van der Waals surface area (Å²) in [6, 6.07) is 3.09. The molecule has 1 amide bonds. The Labute approximate surface area is 163 Å². The molecule has 0 aliphatic carbocycles. The maximum Gasteiger partial charge on any atom is 0.284 e. The van der Waals surface area contributed by atoms with Gasteiger partial charge in [0.2, 0.25) is 0 Å². The van der Waals surface area contributed by atoms with Gasteiger partial charge in [-0.25, -0.2) is 13.8 Å². The highest BCUT2D eigenvalue weighted by Gasteiger charge is 2.15. The van der Waals surface area contributed by atoms with Crippen LogP contribution in [0.25, 0.3) is 6.08 Å². The van der Waals surface area contributed by atoms with Crippen molar-refractivity contribution in [3.63, 3.8) is 0 Å². The van der Waals surface area contributed by atoms with Crippen molar-refractivity contribution in [2.45, 2.75) is 13.8 Å². The van der Waals surface area contributed by atoms with Gasteiger partial charge < -0.3 is 15.8 Å². The third kappa shape index (κ3) is 4.79. The minimum Gasteiger partial charge on any atom is -0.343 e. The Hall–Kier alpha value is -2.00. The molecule has 0 aromatic carbocycles. The van der Waals surface area contributed by atoms with Crippen molar-refractivity contribution >= 4 is 58.1 Å². The lowest BCUT2D eigenvalue weighted by atomic mass is 10.2. The number of anilines is 2. The number of halogens is 3. The molecule has 1 unspecified atom stereocenters. The molecule has 0 aliphatic rings. The van der Waals surface area contributed by atoms with Crippen LogP contribution in [-0.4, -0.2) is 22.1 Å². The number of aryl methyl sites for hydroxylation is 1. The average Bonchev–Trinajstić information content (AvgIpc) is 2.62.